The van der Waals surface area contributed by atoms with Crippen LogP contribution in [0.25, 0.3) is 0 Å². The summed E-state index contributed by atoms with van der Waals surface area (Å²) >= 11 is 0. The van der Waals surface area contributed by atoms with Gasteiger partial charge in [-0.1, -0.05) is 19.9 Å². The molecule has 0 atom stereocenters. The summed E-state index contributed by atoms with van der Waals surface area (Å²) in [6.07, 6.45) is 6.71. The van der Waals surface area contributed by atoms with Crippen LogP contribution in [-0.2, 0) is 18.4 Å². The minimum atomic E-state index is 0.00300. The highest BCUT2D eigenvalue weighted by molar-refractivity contribution is 5.99. The van der Waals surface area contributed by atoms with E-state index in [4.69, 9.17) is 0 Å². The molecule has 9 nitrogen and oxygen atoms in total. The molecule has 0 radical (unpaired) electrons. The van der Waals surface area contributed by atoms with E-state index in [9.17, 15) is 9.59 Å². The number of hydrogen-bond donors (Lipinski definition) is 2. The average molecular weight is 536 g/mol. The van der Waals surface area contributed by atoms with Gasteiger partial charge in [0.15, 0.2) is 0 Å². The molecule has 0 bridgehead atoms. The summed E-state index contributed by atoms with van der Waals surface area (Å²) in [4.78, 5) is 33.0. The van der Waals surface area contributed by atoms with Crippen molar-refractivity contribution >= 4 is 29.1 Å². The zero-order valence-electron chi connectivity index (χ0n) is 24.1. The summed E-state index contributed by atoms with van der Waals surface area (Å²) in [6, 6.07) is 6.29. The Morgan fingerprint density at radius 1 is 1.10 bits per heavy atom. The van der Waals surface area contributed by atoms with Gasteiger partial charge in [0.2, 0.25) is 5.91 Å². The van der Waals surface area contributed by atoms with Crippen molar-refractivity contribution in [2.45, 2.75) is 59.4 Å². The first-order chi connectivity index (χ1) is 18.8. The Balaban J connectivity index is 1.12. The number of benzene rings is 1. The van der Waals surface area contributed by atoms with Gasteiger partial charge in [0.1, 0.15) is 5.82 Å². The van der Waals surface area contributed by atoms with E-state index in [0.29, 0.717) is 24.9 Å². The third-order valence-corrected chi connectivity index (χ3v) is 8.73. The summed E-state index contributed by atoms with van der Waals surface area (Å²) in [6.45, 7) is 12.4. The molecule has 212 valence electrons. The highest BCUT2D eigenvalue weighted by Gasteiger charge is 2.33. The molecule has 3 aliphatic rings. The molecule has 1 aromatic heterocycles. The number of nitrogens with one attached hydrogen (secondary N) is 2. The number of amides is 3. The summed E-state index contributed by atoms with van der Waals surface area (Å²) < 4.78 is 1.84. The highest BCUT2D eigenvalue weighted by Crippen LogP contribution is 2.39. The van der Waals surface area contributed by atoms with Crippen molar-refractivity contribution in [3.8, 4) is 0 Å². The van der Waals surface area contributed by atoms with E-state index in [0.717, 1.165) is 86.7 Å². The van der Waals surface area contributed by atoms with E-state index in [1.165, 1.54) is 6.42 Å². The summed E-state index contributed by atoms with van der Waals surface area (Å²) in [5.74, 6) is 2.27. The van der Waals surface area contributed by atoms with Gasteiger partial charge in [-0.05, 0) is 75.1 Å². The monoisotopic (exact) mass is 535 g/mol. The molecule has 3 amide bonds. The molecule has 1 saturated heterocycles. The molecule has 3 heterocycles. The lowest BCUT2D eigenvalue weighted by molar-refractivity contribution is -0.123. The second kappa shape index (κ2) is 12.0. The maximum Gasteiger partial charge on any atom is 0.317 e. The number of aromatic nitrogens is 2. The number of rotatable bonds is 6. The molecule has 2 fully saturated rings. The fraction of sp³-hybridized carbons (Fsp3) is 0.633. The summed E-state index contributed by atoms with van der Waals surface area (Å²) in [5, 5.41) is 11.1. The molecule has 1 aromatic carbocycles. The van der Waals surface area contributed by atoms with Crippen molar-refractivity contribution in [3.05, 3.63) is 35.5 Å². The van der Waals surface area contributed by atoms with Crippen LogP contribution in [0.3, 0.4) is 0 Å². The van der Waals surface area contributed by atoms with Crippen LogP contribution in [0.15, 0.2) is 24.4 Å². The van der Waals surface area contributed by atoms with E-state index in [1.807, 2.05) is 27.7 Å². The predicted molar refractivity (Wildman–Crippen MR) is 155 cm³/mol. The molecule has 0 spiro atoms. The van der Waals surface area contributed by atoms with Crippen LogP contribution in [0, 0.1) is 24.7 Å². The molecule has 0 unspecified atom stereocenters. The fourth-order valence-electron chi connectivity index (χ4n) is 6.12. The van der Waals surface area contributed by atoms with Crippen molar-refractivity contribution in [2.75, 3.05) is 49.5 Å². The highest BCUT2D eigenvalue weighted by atomic mass is 16.2. The molecule has 39 heavy (non-hydrogen) atoms. The van der Waals surface area contributed by atoms with E-state index >= 15 is 0 Å². The van der Waals surface area contributed by atoms with Crippen LogP contribution in [0.2, 0.25) is 0 Å². The van der Waals surface area contributed by atoms with E-state index in [1.54, 1.807) is 0 Å². The largest absolute Gasteiger partial charge is 0.338 e. The predicted octanol–water partition coefficient (Wildman–Crippen LogP) is 4.50. The Morgan fingerprint density at radius 2 is 1.85 bits per heavy atom. The van der Waals surface area contributed by atoms with Gasteiger partial charge in [-0.3, -0.25) is 14.4 Å². The van der Waals surface area contributed by atoms with Crippen molar-refractivity contribution < 1.29 is 9.59 Å². The number of carbonyl (C=O) groups is 2. The van der Waals surface area contributed by atoms with Crippen LogP contribution < -0.4 is 15.5 Å². The SMILES string of the molecule is Cc1ccc2c(c1)Nc1c(cnn1C)CN2C(=O)C1CCC(CNC(=O)N2CCN(CCC(C)C)CC2)CC1. The molecule has 2 N–H and O–H groups in total. The second-order valence-corrected chi connectivity index (χ2v) is 12.1. The number of fused-ring (bicyclic) bond motifs is 2. The Morgan fingerprint density at radius 3 is 2.56 bits per heavy atom. The number of hydrogen-bond acceptors (Lipinski definition) is 5. The average Bonchev–Trinajstić information content (AvgIpc) is 3.18. The lowest BCUT2D eigenvalue weighted by Gasteiger charge is -2.36. The molecular formula is C30H45N7O2. The number of urea groups is 1. The van der Waals surface area contributed by atoms with E-state index < -0.39 is 0 Å². The first-order valence-corrected chi connectivity index (χ1v) is 14.7. The number of piperazine rings is 1. The van der Waals surface area contributed by atoms with Crippen LogP contribution in [0.5, 0.6) is 0 Å². The summed E-state index contributed by atoms with van der Waals surface area (Å²) in [5.41, 5.74) is 4.05. The standard InChI is InChI=1S/C30H45N7O2/c1-21(2)11-12-35-13-15-36(16-14-35)30(39)31-18-23-6-8-24(9-7-23)29(38)37-20-25-19-32-34(4)28(25)33-26-17-22(3)5-10-27(26)37/h5,10,17,19,21,23-24,33H,6-9,11-16,18,20H2,1-4H3,(H,31,39). The van der Waals surface area contributed by atoms with Gasteiger partial charge in [-0.15, -0.1) is 0 Å². The van der Waals surface area contributed by atoms with Crippen LogP contribution in [0.1, 0.15) is 57.1 Å². The lowest BCUT2D eigenvalue weighted by atomic mass is 9.81. The molecule has 1 aliphatic carbocycles. The smallest absolute Gasteiger partial charge is 0.317 e. The number of anilines is 3. The van der Waals surface area contributed by atoms with Gasteiger partial charge in [-0.2, -0.15) is 5.10 Å². The summed E-state index contributed by atoms with van der Waals surface area (Å²) in [7, 11) is 1.92. The normalized spacial score (nSPS) is 21.7. The molecule has 2 aromatic rings. The van der Waals surface area contributed by atoms with Gasteiger partial charge >= 0.3 is 6.03 Å². The van der Waals surface area contributed by atoms with Crippen molar-refractivity contribution in [3.63, 3.8) is 0 Å². The van der Waals surface area contributed by atoms with Gasteiger partial charge < -0.3 is 20.4 Å². The van der Waals surface area contributed by atoms with Crippen LogP contribution >= 0.6 is 0 Å². The minimum absolute atomic E-state index is 0.00300. The second-order valence-electron chi connectivity index (χ2n) is 12.1. The zero-order chi connectivity index (χ0) is 27.5. The maximum absolute atomic E-state index is 13.9. The zero-order valence-corrected chi connectivity index (χ0v) is 24.1. The molecule has 5 rings (SSSR count). The molecule has 1 saturated carbocycles. The fourth-order valence-corrected chi connectivity index (χ4v) is 6.12. The van der Waals surface area contributed by atoms with E-state index in [-0.39, 0.29) is 17.9 Å². The molecule has 2 aliphatic heterocycles. The number of aryl methyl sites for hydroxylation is 2. The first kappa shape index (κ1) is 27.5. The molecular weight excluding hydrogens is 490 g/mol. The van der Waals surface area contributed by atoms with Gasteiger partial charge in [-0.25, -0.2) is 4.79 Å². The third-order valence-electron chi connectivity index (χ3n) is 8.73. The Labute approximate surface area is 232 Å². The van der Waals surface area contributed by atoms with Gasteiger partial charge in [0.25, 0.3) is 0 Å². The van der Waals surface area contributed by atoms with Crippen LogP contribution in [-0.4, -0.2) is 70.8 Å². The Hall–Kier alpha value is -3.07. The van der Waals surface area contributed by atoms with Gasteiger partial charge in [0.05, 0.1) is 24.1 Å². The van der Waals surface area contributed by atoms with E-state index in [2.05, 4.69) is 59.6 Å². The molecule has 9 heteroatoms. The number of carbonyl (C=O) groups excluding carboxylic acids is 2. The van der Waals surface area contributed by atoms with Crippen molar-refractivity contribution in [1.29, 1.82) is 0 Å². The Bertz CT molecular complexity index is 1160. The van der Waals surface area contributed by atoms with Gasteiger partial charge in [0, 0.05) is 51.3 Å². The minimum Gasteiger partial charge on any atom is -0.338 e. The van der Waals surface area contributed by atoms with Crippen molar-refractivity contribution in [1.82, 2.24) is 24.9 Å². The van der Waals surface area contributed by atoms with Crippen molar-refractivity contribution in [2.24, 2.45) is 24.8 Å². The quantitative estimate of drug-likeness (QED) is 0.569. The number of nitrogens with zero attached hydrogens (tertiary/aromatic N) is 5. The first-order valence-electron chi connectivity index (χ1n) is 14.7. The lowest BCUT2D eigenvalue weighted by Crippen LogP contribution is -2.52. The topological polar surface area (TPSA) is 85.7 Å². The Kier molecular flexibility index (Phi) is 8.45. The van der Waals surface area contributed by atoms with Crippen LogP contribution in [0.4, 0.5) is 22.0 Å². The third kappa shape index (κ3) is 6.40. The maximum atomic E-state index is 13.9.